The van der Waals surface area contributed by atoms with Crippen LogP contribution in [0.4, 0.5) is 4.39 Å². The van der Waals surface area contributed by atoms with Crippen LogP contribution in [0, 0.1) is 19.7 Å². The molecule has 1 N–H and O–H groups in total. The van der Waals surface area contributed by atoms with Gasteiger partial charge in [-0.25, -0.2) is 4.39 Å². The van der Waals surface area contributed by atoms with Gasteiger partial charge in [0.05, 0.1) is 37.5 Å². The van der Waals surface area contributed by atoms with Crippen LogP contribution in [0.3, 0.4) is 0 Å². The van der Waals surface area contributed by atoms with Crippen LogP contribution in [0.25, 0.3) is 0 Å². The highest BCUT2D eigenvalue weighted by molar-refractivity contribution is 7.86. The van der Waals surface area contributed by atoms with E-state index in [0.717, 1.165) is 16.7 Å². The molecule has 0 radical (unpaired) electrons. The van der Waals surface area contributed by atoms with E-state index in [4.69, 9.17) is 23.2 Å². The van der Waals surface area contributed by atoms with E-state index in [9.17, 15) is 17.6 Å². The van der Waals surface area contributed by atoms with E-state index in [-0.39, 0.29) is 42.9 Å². The summed E-state index contributed by atoms with van der Waals surface area (Å²) in [5.74, 6) is -0.645. The summed E-state index contributed by atoms with van der Waals surface area (Å²) in [7, 11) is -2.52. The van der Waals surface area contributed by atoms with E-state index in [1.807, 2.05) is 19.9 Å². The van der Waals surface area contributed by atoms with Crippen LogP contribution in [-0.2, 0) is 35.2 Å². The minimum Gasteiger partial charge on any atom is -0.494 e. The Kier molecular flexibility index (Phi) is 9.40. The molecule has 1 unspecified atom stereocenters. The van der Waals surface area contributed by atoms with E-state index >= 15 is 0 Å². The number of ether oxygens (including phenoxy) is 3. The van der Waals surface area contributed by atoms with Crippen molar-refractivity contribution in [2.24, 2.45) is 5.16 Å². The molecule has 2 aliphatic rings. The summed E-state index contributed by atoms with van der Waals surface area (Å²) in [5, 5.41) is 7.10. The number of nitrogens with one attached hydrogen (secondary N) is 1. The molecule has 1 fully saturated rings. The molecule has 1 saturated heterocycles. The van der Waals surface area contributed by atoms with E-state index < -0.39 is 34.2 Å². The van der Waals surface area contributed by atoms with Crippen LogP contribution in [0.2, 0.25) is 0 Å². The van der Waals surface area contributed by atoms with Gasteiger partial charge in [0.2, 0.25) is 0 Å². The average Bonchev–Trinajstić information content (AvgIpc) is 3.50. The van der Waals surface area contributed by atoms with Gasteiger partial charge < -0.3 is 24.4 Å². The van der Waals surface area contributed by atoms with E-state index in [1.54, 1.807) is 36.4 Å². The number of amides is 1. The molecule has 0 bridgehead atoms. The number of methoxy groups -OCH3 is 1. The molecule has 2 heterocycles. The fraction of sp³-hybridized carbons (Fsp3) is 0.355. The average molecular weight is 613 g/mol. The maximum atomic E-state index is 13.7. The second-order valence-corrected chi connectivity index (χ2v) is 12.1. The second-order valence-electron chi connectivity index (χ2n) is 10.5. The minimum atomic E-state index is -3.91. The van der Waals surface area contributed by atoms with E-state index in [0.29, 0.717) is 23.3 Å². The number of carbonyl (C=O) groups is 1. The lowest BCUT2D eigenvalue weighted by Gasteiger charge is -2.31. The van der Waals surface area contributed by atoms with Crippen molar-refractivity contribution in [3.63, 3.8) is 0 Å². The minimum absolute atomic E-state index is 0.0853. The van der Waals surface area contributed by atoms with Crippen molar-refractivity contribution in [3.8, 4) is 5.75 Å². The molecule has 3 aromatic carbocycles. The third-order valence-corrected chi connectivity index (χ3v) is 8.46. The first-order chi connectivity index (χ1) is 20.6. The van der Waals surface area contributed by atoms with Crippen molar-refractivity contribution in [2.75, 3.05) is 26.9 Å². The first-order valence-corrected chi connectivity index (χ1v) is 15.2. The fourth-order valence-electron chi connectivity index (χ4n) is 4.75. The largest absolute Gasteiger partial charge is 0.494 e. The monoisotopic (exact) mass is 612 g/mol. The molecular formula is C31H33FN2O8S. The van der Waals surface area contributed by atoms with Gasteiger partial charge in [-0.3, -0.25) is 8.98 Å². The number of rotatable bonds is 10. The Morgan fingerprint density at radius 2 is 1.79 bits per heavy atom. The van der Waals surface area contributed by atoms with Gasteiger partial charge in [0.25, 0.3) is 16.0 Å². The van der Waals surface area contributed by atoms with Crippen LogP contribution in [0.15, 0.2) is 70.7 Å². The molecule has 1 amide bonds. The molecule has 10 nitrogen and oxygen atoms in total. The zero-order chi connectivity index (χ0) is 30.6. The van der Waals surface area contributed by atoms with Gasteiger partial charge in [0.1, 0.15) is 12.2 Å². The van der Waals surface area contributed by atoms with E-state index in [2.05, 4.69) is 10.5 Å². The number of benzene rings is 3. The van der Waals surface area contributed by atoms with Crippen molar-refractivity contribution in [3.05, 3.63) is 94.3 Å². The molecular weight excluding hydrogens is 579 g/mol. The van der Waals surface area contributed by atoms with Crippen molar-refractivity contribution < 1.29 is 40.8 Å². The molecule has 2 aliphatic heterocycles. The van der Waals surface area contributed by atoms with Crippen molar-refractivity contribution in [1.29, 1.82) is 0 Å². The molecule has 3 aromatic rings. The zero-order valence-electron chi connectivity index (χ0n) is 24.0. The summed E-state index contributed by atoms with van der Waals surface area (Å²) in [5.41, 5.74) is 4.40. The number of nitrogens with zero attached hydrogens (tertiary/aromatic N) is 1. The maximum Gasteiger partial charge on any atom is 0.297 e. The van der Waals surface area contributed by atoms with Crippen LogP contribution < -0.4 is 10.1 Å². The topological polar surface area (TPSA) is 122 Å². The van der Waals surface area contributed by atoms with Gasteiger partial charge in [-0.1, -0.05) is 35.0 Å². The SMILES string of the molecule is COc1cc(CNC(=O)c2cc(C)cc(C3=NOC([C@H]4CO[C@H](COS(=O)(=O)c5ccc(C)cc5)CO4)C3)c2)ccc1F. The highest BCUT2D eigenvalue weighted by Gasteiger charge is 2.35. The summed E-state index contributed by atoms with van der Waals surface area (Å²) in [6.45, 7) is 4.11. The van der Waals surface area contributed by atoms with Gasteiger partial charge in [-0.05, 0) is 61.4 Å². The van der Waals surface area contributed by atoms with Gasteiger partial charge in [0.15, 0.2) is 17.7 Å². The molecule has 3 atom stereocenters. The molecule has 0 aliphatic carbocycles. The number of aryl methyl sites for hydroxylation is 2. The Morgan fingerprint density at radius 1 is 1.00 bits per heavy atom. The van der Waals surface area contributed by atoms with Crippen LogP contribution >= 0.6 is 0 Å². The molecule has 0 saturated carbocycles. The number of hydrogen-bond acceptors (Lipinski definition) is 9. The fourth-order valence-corrected chi connectivity index (χ4v) is 5.69. The van der Waals surface area contributed by atoms with Gasteiger partial charge >= 0.3 is 0 Å². The van der Waals surface area contributed by atoms with Gasteiger partial charge in [0, 0.05) is 24.1 Å². The quantitative estimate of drug-likeness (QED) is 0.340. The summed E-state index contributed by atoms with van der Waals surface area (Å²) in [6, 6.07) is 16.3. The van der Waals surface area contributed by atoms with Crippen LogP contribution in [0.1, 0.15) is 39.0 Å². The lowest BCUT2D eigenvalue weighted by atomic mass is 9.98. The third-order valence-electron chi connectivity index (χ3n) is 7.16. The first kappa shape index (κ1) is 30.6. The zero-order valence-corrected chi connectivity index (χ0v) is 24.9. The lowest BCUT2D eigenvalue weighted by Crippen LogP contribution is -2.44. The lowest BCUT2D eigenvalue weighted by molar-refractivity contribution is -0.176. The summed E-state index contributed by atoms with van der Waals surface area (Å²) < 4.78 is 60.6. The smallest absolute Gasteiger partial charge is 0.297 e. The van der Waals surface area contributed by atoms with Crippen LogP contribution in [-0.4, -0.2) is 65.3 Å². The number of carbonyl (C=O) groups excluding carboxylic acids is 1. The van der Waals surface area contributed by atoms with Crippen molar-refractivity contribution in [1.82, 2.24) is 5.32 Å². The van der Waals surface area contributed by atoms with Crippen molar-refractivity contribution in [2.45, 2.75) is 50.0 Å². The van der Waals surface area contributed by atoms with E-state index in [1.165, 1.54) is 25.3 Å². The molecule has 0 aromatic heterocycles. The normalized spacial score (nSPS) is 20.3. The highest BCUT2D eigenvalue weighted by Crippen LogP contribution is 2.25. The summed E-state index contributed by atoms with van der Waals surface area (Å²) in [6.07, 6.45) is -0.922. The summed E-state index contributed by atoms with van der Waals surface area (Å²) >= 11 is 0. The predicted molar refractivity (Wildman–Crippen MR) is 155 cm³/mol. The molecule has 43 heavy (non-hydrogen) atoms. The second kappa shape index (κ2) is 13.2. The van der Waals surface area contributed by atoms with Crippen LogP contribution in [0.5, 0.6) is 5.75 Å². The summed E-state index contributed by atoms with van der Waals surface area (Å²) in [4.78, 5) is 18.7. The Balaban J connectivity index is 1.12. The highest BCUT2D eigenvalue weighted by atomic mass is 32.2. The maximum absolute atomic E-state index is 13.7. The third kappa shape index (κ3) is 7.57. The molecule has 5 rings (SSSR count). The molecule has 12 heteroatoms. The van der Waals surface area contributed by atoms with Crippen molar-refractivity contribution >= 4 is 21.7 Å². The number of hydrogen-bond donors (Lipinski definition) is 1. The van der Waals surface area contributed by atoms with Gasteiger partial charge in [-0.2, -0.15) is 8.42 Å². The first-order valence-electron chi connectivity index (χ1n) is 13.8. The molecule has 228 valence electrons. The Bertz CT molecular complexity index is 1600. The Hall–Kier alpha value is -3.84. The Labute approximate surface area is 249 Å². The molecule has 0 spiro atoms. The predicted octanol–water partition coefficient (Wildman–Crippen LogP) is 4.06. The Morgan fingerprint density at radius 3 is 2.51 bits per heavy atom. The van der Waals surface area contributed by atoms with Gasteiger partial charge in [-0.15, -0.1) is 0 Å². The number of oxime groups is 1. The number of halogens is 1. The standard InChI is InChI=1S/C31H33FN2O8S/c1-19-4-7-25(8-5-19)43(36,37)41-17-24-16-40-30(18-39-24)29-14-27(34-42-29)22-10-20(2)11-23(13-22)31(35)33-15-21-6-9-26(32)28(12-21)38-3/h4-13,24,29-30H,14-18H2,1-3H3,(H,33,35)/t24-,29?,30+/m0/s1.